The van der Waals surface area contributed by atoms with Crippen LogP contribution in [0, 0.1) is 5.92 Å². The summed E-state index contributed by atoms with van der Waals surface area (Å²) < 4.78 is 32.6. The summed E-state index contributed by atoms with van der Waals surface area (Å²) in [6.45, 7) is 0.302. The smallest absolute Gasteiger partial charge is 0.735 e. The molecule has 0 heterocycles. The van der Waals surface area contributed by atoms with Crippen LogP contribution in [0.4, 0.5) is 0 Å². The zero-order valence-corrected chi connectivity index (χ0v) is 11.5. The summed E-state index contributed by atoms with van der Waals surface area (Å²) in [6, 6.07) is 0. The Hall–Kier alpha value is 0.870. The second kappa shape index (κ2) is 7.19. The number of rotatable bonds is 4. The van der Waals surface area contributed by atoms with Gasteiger partial charge in [0.15, 0.2) is 10.3 Å². The second-order valence-electron chi connectivity index (χ2n) is 3.64. The molecule has 0 aromatic heterocycles. The molecular weight excluding hydrogens is 213 g/mol. The molecule has 0 aliphatic heterocycles. The third-order valence-corrected chi connectivity index (χ3v) is 3.11. The summed E-state index contributed by atoms with van der Waals surface area (Å²) in [4.78, 5) is 0. The summed E-state index contributed by atoms with van der Waals surface area (Å²) in [7, 11) is -4.22. The van der Waals surface area contributed by atoms with E-state index >= 15 is 0 Å². The largest absolute Gasteiger partial charge is 1.00 e. The van der Waals surface area contributed by atoms with Crippen molar-refractivity contribution in [2.45, 2.75) is 38.5 Å². The number of hydrogen-bond acceptors (Lipinski definition) is 3. The molecule has 6 heteroatoms. The topological polar surface area (TPSA) is 69.2 Å². The fourth-order valence-electron chi connectivity index (χ4n) is 1.86. The van der Waals surface area contributed by atoms with Gasteiger partial charge in [0.05, 0.1) is 0 Å². The Bertz CT molecular complexity index is 237. The third-order valence-electron chi connectivity index (χ3n) is 2.56. The molecular formula is C8H16NNaO3S. The predicted octanol–water partition coefficient (Wildman–Crippen LogP) is -1.99. The Labute approximate surface area is 108 Å². The van der Waals surface area contributed by atoms with Crippen molar-refractivity contribution in [1.29, 1.82) is 0 Å². The molecule has 0 saturated heterocycles. The average molecular weight is 229 g/mol. The molecule has 78 valence electrons. The Morgan fingerprint density at radius 1 is 1.21 bits per heavy atom. The SMILES string of the molecule is O=S(=O)([O-])NCCC1CCCCC1.[Na+]. The summed E-state index contributed by atoms with van der Waals surface area (Å²) in [5.41, 5.74) is 0. The van der Waals surface area contributed by atoms with Crippen LogP contribution in [0.3, 0.4) is 0 Å². The first kappa shape index (κ1) is 14.9. The van der Waals surface area contributed by atoms with Gasteiger partial charge in [-0.15, -0.1) is 0 Å². The van der Waals surface area contributed by atoms with Crippen molar-refractivity contribution in [3.05, 3.63) is 0 Å². The summed E-state index contributed by atoms with van der Waals surface area (Å²) in [6.07, 6.45) is 6.95. The first-order valence-corrected chi connectivity index (χ1v) is 6.19. The van der Waals surface area contributed by atoms with Crippen LogP contribution in [0.25, 0.3) is 0 Å². The van der Waals surface area contributed by atoms with Crippen molar-refractivity contribution in [2.24, 2.45) is 5.92 Å². The Kier molecular flexibility index (Phi) is 7.64. The van der Waals surface area contributed by atoms with E-state index in [9.17, 15) is 13.0 Å². The minimum atomic E-state index is -4.22. The first-order chi connectivity index (χ1) is 6.08. The first-order valence-electron chi connectivity index (χ1n) is 4.78. The standard InChI is InChI=1S/C8H17NO3S.Na/c10-13(11,12)9-7-6-8-4-2-1-3-5-8;/h8-9H,1-7H2,(H,10,11,12);/q;+1/p-1. The van der Waals surface area contributed by atoms with Gasteiger partial charge in [0.25, 0.3) is 0 Å². The minimum absolute atomic E-state index is 0. The van der Waals surface area contributed by atoms with Crippen molar-refractivity contribution in [2.75, 3.05) is 6.54 Å². The van der Waals surface area contributed by atoms with Gasteiger partial charge in [0, 0.05) is 6.54 Å². The number of hydrogen-bond donors (Lipinski definition) is 1. The monoisotopic (exact) mass is 229 g/mol. The van der Waals surface area contributed by atoms with Crippen LogP contribution >= 0.6 is 0 Å². The fourth-order valence-corrected chi connectivity index (χ4v) is 2.23. The molecule has 0 aromatic rings. The molecule has 0 unspecified atom stereocenters. The van der Waals surface area contributed by atoms with Gasteiger partial charge in [-0.05, 0) is 12.3 Å². The van der Waals surface area contributed by atoms with E-state index in [4.69, 9.17) is 0 Å². The summed E-state index contributed by atoms with van der Waals surface area (Å²) in [5, 5.41) is 0. The Morgan fingerprint density at radius 2 is 1.79 bits per heavy atom. The van der Waals surface area contributed by atoms with Crippen molar-refractivity contribution in [1.82, 2.24) is 4.72 Å². The molecule has 1 N–H and O–H groups in total. The van der Waals surface area contributed by atoms with Gasteiger partial charge in [-0.1, -0.05) is 32.1 Å². The molecule has 1 fully saturated rings. The molecule has 0 amide bonds. The van der Waals surface area contributed by atoms with Gasteiger partial charge in [0.2, 0.25) is 0 Å². The zero-order chi connectivity index (χ0) is 9.73. The fraction of sp³-hybridized carbons (Fsp3) is 1.00. The molecule has 0 radical (unpaired) electrons. The van der Waals surface area contributed by atoms with Gasteiger partial charge in [0.1, 0.15) is 0 Å². The zero-order valence-electron chi connectivity index (χ0n) is 8.66. The second-order valence-corrected chi connectivity index (χ2v) is 4.84. The molecule has 0 spiro atoms. The van der Waals surface area contributed by atoms with Crippen LogP contribution in [0.2, 0.25) is 0 Å². The molecule has 1 saturated carbocycles. The van der Waals surface area contributed by atoms with E-state index in [1.807, 2.05) is 4.72 Å². The average Bonchev–Trinajstić information content (AvgIpc) is 2.04. The van der Waals surface area contributed by atoms with E-state index in [-0.39, 0.29) is 29.6 Å². The molecule has 0 atom stereocenters. The Balaban J connectivity index is 0.00000169. The maximum Gasteiger partial charge on any atom is 1.00 e. The van der Waals surface area contributed by atoms with Crippen LogP contribution in [-0.4, -0.2) is 19.5 Å². The van der Waals surface area contributed by atoms with Gasteiger partial charge in [-0.25, -0.2) is 13.1 Å². The van der Waals surface area contributed by atoms with Crippen LogP contribution < -0.4 is 34.3 Å². The predicted molar refractivity (Wildman–Crippen MR) is 48.9 cm³/mol. The molecule has 14 heavy (non-hydrogen) atoms. The molecule has 1 aliphatic rings. The van der Waals surface area contributed by atoms with Crippen LogP contribution in [0.1, 0.15) is 38.5 Å². The van der Waals surface area contributed by atoms with Gasteiger partial charge < -0.3 is 4.55 Å². The van der Waals surface area contributed by atoms with E-state index in [2.05, 4.69) is 0 Å². The summed E-state index contributed by atoms with van der Waals surface area (Å²) >= 11 is 0. The van der Waals surface area contributed by atoms with E-state index in [0.29, 0.717) is 12.5 Å². The van der Waals surface area contributed by atoms with Crippen molar-refractivity contribution < 1.29 is 42.5 Å². The van der Waals surface area contributed by atoms with Crippen molar-refractivity contribution in [3.63, 3.8) is 0 Å². The maximum absolute atomic E-state index is 10.2. The van der Waals surface area contributed by atoms with Crippen molar-refractivity contribution >= 4 is 10.3 Å². The Morgan fingerprint density at radius 3 is 2.29 bits per heavy atom. The van der Waals surface area contributed by atoms with Crippen LogP contribution in [0.15, 0.2) is 0 Å². The van der Waals surface area contributed by atoms with Gasteiger partial charge in [-0.2, -0.15) is 0 Å². The molecule has 1 aliphatic carbocycles. The van der Waals surface area contributed by atoms with Crippen LogP contribution in [-0.2, 0) is 10.3 Å². The molecule has 0 bridgehead atoms. The molecule has 4 nitrogen and oxygen atoms in total. The van der Waals surface area contributed by atoms with E-state index in [1.165, 1.54) is 32.1 Å². The minimum Gasteiger partial charge on any atom is -0.735 e. The van der Waals surface area contributed by atoms with Crippen LogP contribution in [0.5, 0.6) is 0 Å². The van der Waals surface area contributed by atoms with Crippen molar-refractivity contribution in [3.8, 4) is 0 Å². The van der Waals surface area contributed by atoms with Gasteiger partial charge >= 0.3 is 29.6 Å². The van der Waals surface area contributed by atoms with Gasteiger partial charge in [-0.3, -0.25) is 0 Å². The quantitative estimate of drug-likeness (QED) is 0.448. The third kappa shape index (κ3) is 7.20. The van der Waals surface area contributed by atoms with E-state index < -0.39 is 10.3 Å². The van der Waals surface area contributed by atoms with E-state index in [1.54, 1.807) is 0 Å². The molecule has 1 rings (SSSR count). The number of nitrogens with one attached hydrogen (secondary N) is 1. The van der Waals surface area contributed by atoms with E-state index in [0.717, 1.165) is 6.42 Å². The summed E-state index contributed by atoms with van der Waals surface area (Å²) in [5.74, 6) is 0.614. The maximum atomic E-state index is 10.2. The molecule has 0 aromatic carbocycles. The normalized spacial score (nSPS) is 18.9.